The van der Waals surface area contributed by atoms with Gasteiger partial charge in [0, 0.05) is 15.5 Å². The third-order valence-electron chi connectivity index (χ3n) is 2.37. The smallest absolute Gasteiger partial charge is 0.180 e. The largest absolute Gasteiger partial charge is 0.492 e. The van der Waals surface area contributed by atoms with E-state index in [9.17, 15) is 0 Å². The normalized spacial score (nSPS) is 10.7. The number of thiazole rings is 1. The van der Waals surface area contributed by atoms with Crippen LogP contribution in [-0.4, -0.2) is 11.6 Å². The van der Waals surface area contributed by atoms with E-state index >= 15 is 0 Å². The molecule has 2 aromatic rings. The molecule has 0 bridgehead atoms. The molecule has 2 rings (SSSR count). The number of benzene rings is 1. The fourth-order valence-electron chi connectivity index (χ4n) is 1.69. The molecular weight excluding hydrogens is 291 g/mol. The Morgan fingerprint density at radius 3 is 2.67 bits per heavy atom. The van der Waals surface area contributed by atoms with Crippen LogP contribution in [0.2, 0.25) is 10.0 Å². The number of anilines is 1. The zero-order chi connectivity index (χ0) is 13.3. The molecule has 18 heavy (non-hydrogen) atoms. The van der Waals surface area contributed by atoms with Crippen molar-refractivity contribution in [3.8, 4) is 17.0 Å². The summed E-state index contributed by atoms with van der Waals surface area (Å²) < 4.78 is 5.57. The first-order chi connectivity index (χ1) is 8.52. The molecule has 0 aliphatic rings. The van der Waals surface area contributed by atoms with Gasteiger partial charge in [0.15, 0.2) is 5.13 Å². The van der Waals surface area contributed by atoms with Gasteiger partial charge in [-0.1, -0.05) is 23.2 Å². The second kappa shape index (κ2) is 5.34. The van der Waals surface area contributed by atoms with Gasteiger partial charge in [0.1, 0.15) is 5.75 Å². The molecule has 96 valence electrons. The van der Waals surface area contributed by atoms with E-state index in [4.69, 9.17) is 33.7 Å². The molecule has 0 unspecified atom stereocenters. The third kappa shape index (κ3) is 2.55. The number of hydrogen-bond acceptors (Lipinski definition) is 4. The topological polar surface area (TPSA) is 48.1 Å². The van der Waals surface area contributed by atoms with Crippen molar-refractivity contribution in [1.82, 2.24) is 4.98 Å². The molecule has 0 atom stereocenters. The Morgan fingerprint density at radius 2 is 2.11 bits per heavy atom. The van der Waals surface area contributed by atoms with Crippen molar-refractivity contribution < 1.29 is 4.74 Å². The molecule has 0 radical (unpaired) electrons. The summed E-state index contributed by atoms with van der Waals surface area (Å²) in [6.45, 7) is 4.37. The summed E-state index contributed by atoms with van der Waals surface area (Å²) in [7, 11) is 0. The number of nitrogens with zero attached hydrogens (tertiary/aromatic N) is 1. The number of aromatic nitrogens is 1. The molecule has 3 nitrogen and oxygen atoms in total. The van der Waals surface area contributed by atoms with Gasteiger partial charge in [0.2, 0.25) is 0 Å². The highest BCUT2D eigenvalue weighted by molar-refractivity contribution is 7.15. The summed E-state index contributed by atoms with van der Waals surface area (Å²) in [6, 6.07) is 3.45. The molecule has 0 aliphatic heterocycles. The van der Waals surface area contributed by atoms with Crippen molar-refractivity contribution >= 4 is 39.7 Å². The monoisotopic (exact) mass is 302 g/mol. The van der Waals surface area contributed by atoms with Crippen LogP contribution in [0.25, 0.3) is 11.3 Å². The Bertz CT molecular complexity index is 584. The minimum absolute atomic E-state index is 0.477. The number of rotatable bonds is 3. The van der Waals surface area contributed by atoms with Crippen molar-refractivity contribution in [1.29, 1.82) is 0 Å². The minimum atomic E-state index is 0.477. The van der Waals surface area contributed by atoms with Crippen LogP contribution in [0, 0.1) is 6.92 Å². The van der Waals surface area contributed by atoms with Crippen LogP contribution < -0.4 is 10.5 Å². The molecule has 1 heterocycles. The third-order valence-corrected chi connectivity index (χ3v) is 3.66. The molecule has 0 amide bonds. The molecule has 1 aromatic carbocycles. The van der Waals surface area contributed by atoms with Crippen LogP contribution in [0.4, 0.5) is 5.13 Å². The molecule has 1 aromatic heterocycles. The van der Waals surface area contributed by atoms with Crippen LogP contribution in [-0.2, 0) is 0 Å². The van der Waals surface area contributed by atoms with Gasteiger partial charge in [-0.05, 0) is 26.0 Å². The van der Waals surface area contributed by atoms with Crippen LogP contribution in [0.3, 0.4) is 0 Å². The predicted octanol–water partition coefficient (Wildman–Crippen LogP) is 4.41. The Labute approximate surface area is 120 Å². The van der Waals surface area contributed by atoms with Gasteiger partial charge in [0.25, 0.3) is 0 Å². The summed E-state index contributed by atoms with van der Waals surface area (Å²) >= 11 is 13.6. The number of ether oxygens (including phenoxy) is 1. The van der Waals surface area contributed by atoms with Crippen molar-refractivity contribution in [3.05, 3.63) is 27.1 Å². The minimum Gasteiger partial charge on any atom is -0.492 e. The maximum Gasteiger partial charge on any atom is 0.180 e. The molecule has 0 saturated heterocycles. The Kier molecular flexibility index (Phi) is 4.00. The molecule has 0 spiro atoms. The van der Waals surface area contributed by atoms with E-state index in [2.05, 4.69) is 4.98 Å². The fraction of sp³-hybridized carbons (Fsp3) is 0.250. The molecule has 2 N–H and O–H groups in total. The Hall–Kier alpha value is -0.970. The number of nitrogen functional groups attached to an aromatic ring is 1. The van der Waals surface area contributed by atoms with Crippen LogP contribution in [0.1, 0.15) is 11.8 Å². The standard InChI is InChI=1S/C12H12Cl2N2OS/c1-3-17-11-8(4-7(13)5-9(11)14)10-6(2)18-12(15)16-10/h4-5H,3H2,1-2H3,(H2,15,16). The summed E-state index contributed by atoms with van der Waals surface area (Å²) in [4.78, 5) is 5.31. The Morgan fingerprint density at radius 1 is 1.39 bits per heavy atom. The average molecular weight is 303 g/mol. The first-order valence-electron chi connectivity index (χ1n) is 5.38. The van der Waals surface area contributed by atoms with Crippen molar-refractivity contribution in [2.75, 3.05) is 12.3 Å². The summed E-state index contributed by atoms with van der Waals surface area (Å²) in [6.07, 6.45) is 0. The second-order valence-corrected chi connectivity index (χ2v) is 5.73. The van der Waals surface area contributed by atoms with Crippen LogP contribution >= 0.6 is 34.5 Å². The average Bonchev–Trinajstić information content (AvgIpc) is 2.61. The van der Waals surface area contributed by atoms with E-state index in [0.29, 0.717) is 27.5 Å². The van der Waals surface area contributed by atoms with Gasteiger partial charge in [-0.2, -0.15) is 0 Å². The lowest BCUT2D eigenvalue weighted by Crippen LogP contribution is -1.96. The van der Waals surface area contributed by atoms with Gasteiger partial charge in [-0.3, -0.25) is 0 Å². The zero-order valence-corrected chi connectivity index (χ0v) is 12.3. The van der Waals surface area contributed by atoms with Gasteiger partial charge >= 0.3 is 0 Å². The van der Waals surface area contributed by atoms with Gasteiger partial charge in [0.05, 0.1) is 17.3 Å². The molecule has 0 fully saturated rings. The quantitative estimate of drug-likeness (QED) is 0.914. The molecule has 0 aliphatic carbocycles. The highest BCUT2D eigenvalue weighted by Crippen LogP contribution is 2.41. The Balaban J connectivity index is 2.65. The number of halogens is 2. The van der Waals surface area contributed by atoms with Gasteiger partial charge < -0.3 is 10.5 Å². The SMILES string of the molecule is CCOc1c(Cl)cc(Cl)cc1-c1nc(N)sc1C. The highest BCUT2D eigenvalue weighted by atomic mass is 35.5. The van der Waals surface area contributed by atoms with Crippen molar-refractivity contribution in [3.63, 3.8) is 0 Å². The highest BCUT2D eigenvalue weighted by Gasteiger charge is 2.17. The fourth-order valence-corrected chi connectivity index (χ4v) is 2.94. The van der Waals surface area contributed by atoms with Gasteiger partial charge in [-0.15, -0.1) is 11.3 Å². The summed E-state index contributed by atoms with van der Waals surface area (Å²) in [5.41, 5.74) is 7.26. The summed E-state index contributed by atoms with van der Waals surface area (Å²) in [5.74, 6) is 0.594. The number of nitrogens with two attached hydrogens (primary N) is 1. The lowest BCUT2D eigenvalue weighted by Gasteiger charge is -2.11. The molecule has 0 saturated carbocycles. The predicted molar refractivity (Wildman–Crippen MR) is 77.9 cm³/mol. The van der Waals surface area contributed by atoms with E-state index in [-0.39, 0.29) is 0 Å². The lowest BCUT2D eigenvalue weighted by molar-refractivity contribution is 0.342. The second-order valence-electron chi connectivity index (χ2n) is 3.65. The molecular formula is C12H12Cl2N2OS. The zero-order valence-electron chi connectivity index (χ0n) is 9.96. The van der Waals surface area contributed by atoms with E-state index in [1.807, 2.05) is 13.8 Å². The van der Waals surface area contributed by atoms with Crippen molar-refractivity contribution in [2.45, 2.75) is 13.8 Å². The summed E-state index contributed by atoms with van der Waals surface area (Å²) in [5, 5.41) is 1.54. The van der Waals surface area contributed by atoms with E-state index < -0.39 is 0 Å². The van der Waals surface area contributed by atoms with E-state index in [0.717, 1.165) is 16.1 Å². The molecule has 6 heteroatoms. The maximum atomic E-state index is 6.16. The van der Waals surface area contributed by atoms with E-state index in [1.54, 1.807) is 12.1 Å². The maximum absolute atomic E-state index is 6.16. The first-order valence-corrected chi connectivity index (χ1v) is 6.95. The number of hydrogen-bond donors (Lipinski definition) is 1. The van der Waals surface area contributed by atoms with Crippen molar-refractivity contribution in [2.24, 2.45) is 0 Å². The van der Waals surface area contributed by atoms with Crippen LogP contribution in [0.15, 0.2) is 12.1 Å². The number of aryl methyl sites for hydroxylation is 1. The lowest BCUT2D eigenvalue weighted by atomic mass is 10.1. The first kappa shape index (κ1) is 13.5. The van der Waals surface area contributed by atoms with E-state index in [1.165, 1.54) is 11.3 Å². The van der Waals surface area contributed by atoms with Crippen LogP contribution in [0.5, 0.6) is 5.75 Å². The van der Waals surface area contributed by atoms with Gasteiger partial charge in [-0.25, -0.2) is 4.98 Å².